The van der Waals surface area contributed by atoms with Crippen molar-refractivity contribution in [2.45, 2.75) is 56.0 Å². The maximum Gasteiger partial charge on any atom is 0.416 e. The van der Waals surface area contributed by atoms with E-state index in [-0.39, 0.29) is 5.69 Å². The summed E-state index contributed by atoms with van der Waals surface area (Å²) in [5, 5.41) is 0. The lowest BCUT2D eigenvalue weighted by atomic mass is 9.12. The Morgan fingerprint density at radius 1 is 0.392 bits per heavy atom. The van der Waals surface area contributed by atoms with Gasteiger partial charge in [0.05, 0.1) is 50.7 Å². The van der Waals surface area contributed by atoms with Crippen LogP contribution in [0.5, 0.6) is 5.75 Å². The number of para-hydroxylation sites is 1. The minimum absolute atomic E-state index is 0.280. The van der Waals surface area contributed by atoms with Crippen LogP contribution in [0.3, 0.4) is 0 Å². The summed E-state index contributed by atoms with van der Waals surface area (Å²) >= 11 is 0. The summed E-state index contributed by atoms with van der Waals surface area (Å²) < 4.78 is 348. The van der Waals surface area contributed by atoms with Crippen molar-refractivity contribution >= 4 is 34.0 Å². The first-order chi connectivity index (χ1) is 36.1. The average molecular weight is 1150 g/mol. The van der Waals surface area contributed by atoms with Crippen LogP contribution in [0.4, 0.5) is 105 Å². The van der Waals surface area contributed by atoms with Crippen LogP contribution in [0, 0.1) is 0 Å². The van der Waals surface area contributed by atoms with Gasteiger partial charge in [0.2, 0.25) is 11.9 Å². The summed E-state index contributed by atoms with van der Waals surface area (Å²) in [6.45, 7) is 0.676. The van der Waals surface area contributed by atoms with Crippen LogP contribution in [0.2, 0.25) is 0 Å². The van der Waals surface area contributed by atoms with Gasteiger partial charge in [0.25, 0.3) is 0 Å². The molecule has 420 valence electrons. The number of nitrogens with zero attached hydrogens (tertiary/aromatic N) is 2. The Morgan fingerprint density at radius 2 is 0.658 bits per heavy atom. The summed E-state index contributed by atoms with van der Waals surface area (Å²) in [5.74, 6) is 0.0429. The first-order valence-electron chi connectivity index (χ1n) is 21.6. The summed E-state index contributed by atoms with van der Waals surface area (Å²) in [5.41, 5.74) is -28.8. The molecule has 29 heteroatoms. The van der Waals surface area contributed by atoms with Gasteiger partial charge in [0.15, 0.2) is 12.7 Å². The second kappa shape index (κ2) is 21.5. The lowest BCUT2D eigenvalue weighted by molar-refractivity contribution is -0.689. The Labute approximate surface area is 427 Å². The predicted molar refractivity (Wildman–Crippen MR) is 231 cm³/mol. The van der Waals surface area contributed by atoms with E-state index in [1.54, 1.807) is 24.5 Å². The van der Waals surface area contributed by atoms with Crippen molar-refractivity contribution in [1.82, 2.24) is 4.98 Å². The highest BCUT2D eigenvalue weighted by Crippen LogP contribution is 2.41. The first-order valence-corrected chi connectivity index (χ1v) is 21.6. The zero-order valence-electron chi connectivity index (χ0n) is 38.5. The number of hydrogen-bond donors (Lipinski definition) is 0. The summed E-state index contributed by atoms with van der Waals surface area (Å²) in [7, 11) is 0. The van der Waals surface area contributed by atoms with E-state index in [1.165, 1.54) is 0 Å². The van der Waals surface area contributed by atoms with E-state index < -0.39 is 201 Å². The van der Waals surface area contributed by atoms with Crippen molar-refractivity contribution in [2.24, 2.45) is 0 Å². The van der Waals surface area contributed by atoms with E-state index in [4.69, 9.17) is 4.74 Å². The quantitative estimate of drug-likeness (QED) is 0.0501. The molecule has 0 aliphatic heterocycles. The molecule has 79 heavy (non-hydrogen) atoms. The topological polar surface area (TPSA) is 43.1 Å². The van der Waals surface area contributed by atoms with Crippen molar-refractivity contribution in [3.63, 3.8) is 0 Å². The fraction of sp³-hybridized carbons (Fsp3) is 0.180. The van der Waals surface area contributed by atoms with Gasteiger partial charge in [-0.25, -0.2) is 9.78 Å². The van der Waals surface area contributed by atoms with Crippen LogP contribution in [-0.2, 0) is 56.0 Å². The molecule has 0 spiro atoms. The molecule has 0 aliphatic carbocycles. The highest BCUT2D eigenvalue weighted by atomic mass is 19.4. The molecule has 0 radical (unpaired) electrons. The van der Waals surface area contributed by atoms with Crippen LogP contribution in [0.25, 0.3) is 0 Å². The number of ether oxygens (including phenoxy) is 1. The van der Waals surface area contributed by atoms with Crippen molar-refractivity contribution in [1.29, 1.82) is 0 Å². The normalized spacial score (nSPS) is 13.2. The standard InChI is InChI=1S/C32H12BF24.C18H15N2O2/c34-25(35,36)13-1-14(26(37,38)39)6-21(5-13)33(22-7-15(27(40,41)42)2-16(8-22)28(43,44)45,23-9-17(29(46,47)48)3-18(10-23)30(49,50)51)24-11-19(31(52,53)54)4-20(12-24)32(55,56)57;21-18(22-16-9-5-2-6-10-16)17-14-20(12-11-19-17)13-15-7-3-1-4-8-15/h1-12H;1-12,14H,13H2/q-1;+1. The van der Waals surface area contributed by atoms with E-state index in [0.29, 0.717) is 12.3 Å². The molecule has 4 nitrogen and oxygen atoms in total. The number of carbonyl (C=O) groups is 1. The number of hydrogen-bond acceptors (Lipinski definition) is 3. The number of aromatic nitrogens is 2. The molecule has 6 aromatic carbocycles. The summed E-state index contributed by atoms with van der Waals surface area (Å²) in [6.07, 6.45) is -49.7. The molecular formula is C50H27BF24N2O2. The lowest BCUT2D eigenvalue weighted by Crippen LogP contribution is -2.75. The second-order valence-electron chi connectivity index (χ2n) is 17.0. The number of carbonyl (C=O) groups excluding carboxylic acids is 1. The summed E-state index contributed by atoms with van der Waals surface area (Å²) in [6, 6.07) is 10.2. The van der Waals surface area contributed by atoms with E-state index >= 15 is 0 Å². The van der Waals surface area contributed by atoms with Crippen LogP contribution in [0.1, 0.15) is 60.6 Å². The Balaban J connectivity index is 0.000000378. The molecule has 7 aromatic rings. The number of benzene rings is 6. The maximum atomic E-state index is 14.2. The highest BCUT2D eigenvalue weighted by molar-refractivity contribution is 7.20. The van der Waals surface area contributed by atoms with Crippen LogP contribution in [0.15, 0.2) is 152 Å². The lowest BCUT2D eigenvalue weighted by Gasteiger charge is -2.46. The minimum atomic E-state index is -6.13. The Kier molecular flexibility index (Phi) is 16.4. The van der Waals surface area contributed by atoms with Gasteiger partial charge in [-0.3, -0.25) is 0 Å². The fourth-order valence-electron chi connectivity index (χ4n) is 8.15. The van der Waals surface area contributed by atoms with Gasteiger partial charge in [-0.2, -0.15) is 132 Å². The molecule has 0 unspecified atom stereocenters. The van der Waals surface area contributed by atoms with E-state index in [9.17, 15) is 110 Å². The average Bonchev–Trinajstić information content (AvgIpc) is 3.38. The van der Waals surface area contributed by atoms with Gasteiger partial charge >= 0.3 is 55.4 Å². The highest BCUT2D eigenvalue weighted by Gasteiger charge is 2.47. The van der Waals surface area contributed by atoms with Crippen LogP contribution >= 0.6 is 0 Å². The van der Waals surface area contributed by atoms with Gasteiger partial charge in [-0.1, -0.05) is 97.1 Å². The number of rotatable bonds is 8. The van der Waals surface area contributed by atoms with Crippen LogP contribution < -0.4 is 31.2 Å². The second-order valence-corrected chi connectivity index (χ2v) is 17.0. The number of alkyl halides is 24. The Morgan fingerprint density at radius 3 is 0.924 bits per heavy atom. The molecule has 0 amide bonds. The molecule has 0 saturated carbocycles. The molecule has 0 atom stereocenters. The van der Waals surface area contributed by atoms with Crippen molar-refractivity contribution in [3.8, 4) is 5.75 Å². The molecule has 0 N–H and O–H groups in total. The molecule has 1 aromatic heterocycles. The predicted octanol–water partition coefficient (Wildman–Crippen LogP) is 13.9. The maximum absolute atomic E-state index is 14.2. The SMILES string of the molecule is FC(F)(F)c1cc([B-](c2cc(C(F)(F)F)cc(C(F)(F)F)c2)(c2cc(C(F)(F)F)cc(C(F)(F)F)c2)c2cc(C(F)(F)F)cc(C(F)(F)F)c2)cc(C(F)(F)F)c1.O=C(Oc1ccccc1)c1c[n+](Cc2ccccc2)ccn1. The largest absolute Gasteiger partial charge is 0.422 e. The smallest absolute Gasteiger partial charge is 0.416 e. The third kappa shape index (κ3) is 14.5. The zero-order chi connectivity index (χ0) is 59.1. The third-order valence-corrected chi connectivity index (χ3v) is 11.6. The Bertz CT molecular complexity index is 2870. The van der Waals surface area contributed by atoms with Gasteiger partial charge in [-0.15, -0.1) is 0 Å². The van der Waals surface area contributed by atoms with E-state index in [2.05, 4.69) is 4.98 Å². The van der Waals surface area contributed by atoms with E-state index in [1.807, 2.05) is 59.3 Å². The molecule has 7 rings (SSSR count). The third-order valence-electron chi connectivity index (χ3n) is 11.6. The molecule has 0 fully saturated rings. The van der Waals surface area contributed by atoms with Gasteiger partial charge < -0.3 is 4.74 Å². The molecule has 0 bridgehead atoms. The monoisotopic (exact) mass is 1150 g/mol. The van der Waals surface area contributed by atoms with Crippen molar-refractivity contribution in [3.05, 3.63) is 208 Å². The first kappa shape index (κ1) is 60.5. The van der Waals surface area contributed by atoms with Gasteiger partial charge in [0.1, 0.15) is 11.9 Å². The van der Waals surface area contributed by atoms with Crippen molar-refractivity contribution in [2.75, 3.05) is 0 Å². The molecular weight excluding hydrogens is 1130 g/mol. The molecule has 0 saturated heterocycles. The van der Waals surface area contributed by atoms with Gasteiger partial charge in [-0.05, 0) is 36.4 Å². The van der Waals surface area contributed by atoms with Crippen LogP contribution in [-0.4, -0.2) is 17.1 Å². The zero-order valence-corrected chi connectivity index (χ0v) is 38.5. The molecule has 1 heterocycles. The summed E-state index contributed by atoms with van der Waals surface area (Å²) in [4.78, 5) is 16.2. The van der Waals surface area contributed by atoms with Gasteiger partial charge in [0, 0.05) is 5.56 Å². The minimum Gasteiger partial charge on any atom is -0.422 e. The van der Waals surface area contributed by atoms with E-state index in [0.717, 1.165) is 5.56 Å². The van der Waals surface area contributed by atoms with Crippen molar-refractivity contribution < 1.29 is 119 Å². The molecule has 0 aliphatic rings. The number of esters is 1. The Hall–Kier alpha value is -7.75. The fourth-order valence-corrected chi connectivity index (χ4v) is 8.15. The number of halogens is 24.